The molecule has 0 spiro atoms. The number of benzene rings is 1. The first-order valence-electron chi connectivity index (χ1n) is 12.2. The number of nitrogens with one attached hydrogen (secondary N) is 1. The van der Waals surface area contributed by atoms with Crippen LogP contribution in [0, 0.1) is 0 Å². The lowest BCUT2D eigenvalue weighted by Crippen LogP contribution is -2.29. The van der Waals surface area contributed by atoms with Crippen LogP contribution in [0.4, 0.5) is 0 Å². The van der Waals surface area contributed by atoms with Crippen molar-refractivity contribution in [2.75, 3.05) is 6.54 Å². The molecule has 5 heteroatoms. The number of unbranched alkanes of at least 4 members (excludes halogenated alkanes) is 4. The molecule has 180 valence electrons. The van der Waals surface area contributed by atoms with Gasteiger partial charge >= 0.3 is 5.97 Å². The lowest BCUT2D eigenvalue weighted by Gasteiger charge is -2.16. The van der Waals surface area contributed by atoms with Gasteiger partial charge in [-0.1, -0.05) is 69.9 Å². The van der Waals surface area contributed by atoms with Gasteiger partial charge in [0.1, 0.15) is 5.75 Å². The van der Waals surface area contributed by atoms with Crippen molar-refractivity contribution >= 4 is 5.97 Å². The molecule has 4 N–H and O–H groups in total. The van der Waals surface area contributed by atoms with Crippen molar-refractivity contribution in [3.05, 3.63) is 53.6 Å². The molecule has 0 amide bonds. The summed E-state index contributed by atoms with van der Waals surface area (Å²) in [6.45, 7) is 5.06. The lowest BCUT2D eigenvalue weighted by atomic mass is 10.00. The number of phenolic OH excluding ortho intramolecular Hbond substituents is 1. The van der Waals surface area contributed by atoms with E-state index in [0.717, 1.165) is 69.0 Å². The van der Waals surface area contributed by atoms with Crippen LogP contribution in [-0.2, 0) is 11.2 Å². The second kappa shape index (κ2) is 17.4. The minimum atomic E-state index is -0.740. The quantitative estimate of drug-likeness (QED) is 0.170. The Balaban J connectivity index is 2.63. The molecule has 1 aromatic rings. The molecule has 0 aliphatic carbocycles. The molecule has 0 saturated heterocycles. The molecule has 0 unspecified atom stereocenters. The highest BCUT2D eigenvalue weighted by Gasteiger charge is 2.09. The first-order valence-corrected chi connectivity index (χ1v) is 12.2. The number of hydrogen-bond acceptors (Lipinski definition) is 4. The van der Waals surface area contributed by atoms with Gasteiger partial charge < -0.3 is 20.6 Å². The zero-order chi connectivity index (χ0) is 23.6. The van der Waals surface area contributed by atoms with E-state index in [0.29, 0.717) is 12.8 Å². The summed E-state index contributed by atoms with van der Waals surface area (Å²) in [5.74, 6) is -0.475. The van der Waals surface area contributed by atoms with E-state index >= 15 is 0 Å². The second-order valence-electron chi connectivity index (χ2n) is 8.52. The first-order chi connectivity index (χ1) is 15.4. The number of carboxylic acid groups (broad SMARTS) is 1. The van der Waals surface area contributed by atoms with E-state index in [1.54, 1.807) is 12.1 Å². The number of rotatable bonds is 18. The number of phenols is 1. The van der Waals surface area contributed by atoms with Gasteiger partial charge in [0.2, 0.25) is 0 Å². The Hall–Kier alpha value is -2.11. The SMILES string of the molecule is CCCCC[C@H](O)C=CC(=CCCCC[C@H](CCC(=O)O)NCC)Cc1cccc(O)c1. The van der Waals surface area contributed by atoms with E-state index in [2.05, 4.69) is 18.3 Å². The van der Waals surface area contributed by atoms with E-state index in [4.69, 9.17) is 5.11 Å². The number of carboxylic acids is 1. The molecule has 0 aliphatic heterocycles. The fourth-order valence-corrected chi connectivity index (χ4v) is 3.79. The standard InChI is InChI=1S/C27H43NO4/c1-3-5-7-14-25(29)18-16-22(20-23-12-10-15-26(30)21-23)11-8-6-9-13-24(28-4-2)17-19-27(31)32/h10-12,15-16,18,21,24-25,28-30H,3-9,13-14,17,19-20H2,1-2H3,(H,31,32)/t24-,25+/m1/s1. The molecule has 0 fully saturated rings. The van der Waals surface area contributed by atoms with Crippen molar-refractivity contribution in [1.82, 2.24) is 5.32 Å². The molecule has 5 nitrogen and oxygen atoms in total. The third-order valence-electron chi connectivity index (χ3n) is 5.57. The molecule has 32 heavy (non-hydrogen) atoms. The summed E-state index contributed by atoms with van der Waals surface area (Å²) >= 11 is 0. The van der Waals surface area contributed by atoms with Crippen LogP contribution in [-0.4, -0.2) is 40.0 Å². The Morgan fingerprint density at radius 3 is 2.56 bits per heavy atom. The Morgan fingerprint density at radius 2 is 1.88 bits per heavy atom. The maximum atomic E-state index is 10.8. The zero-order valence-corrected chi connectivity index (χ0v) is 19.9. The highest BCUT2D eigenvalue weighted by molar-refractivity contribution is 5.66. The molecule has 0 bridgehead atoms. The van der Waals surface area contributed by atoms with Crippen LogP contribution in [0.5, 0.6) is 5.75 Å². The molecule has 1 rings (SSSR count). The van der Waals surface area contributed by atoms with Gasteiger partial charge in [-0.15, -0.1) is 0 Å². The van der Waals surface area contributed by atoms with Gasteiger partial charge in [0, 0.05) is 12.5 Å². The average Bonchev–Trinajstić information content (AvgIpc) is 2.75. The largest absolute Gasteiger partial charge is 0.508 e. The predicted molar refractivity (Wildman–Crippen MR) is 132 cm³/mol. The molecule has 0 aromatic heterocycles. The maximum absolute atomic E-state index is 10.8. The van der Waals surface area contributed by atoms with Crippen LogP contribution in [0.3, 0.4) is 0 Å². The Bertz CT molecular complexity index is 699. The van der Waals surface area contributed by atoms with Gasteiger partial charge in [0.25, 0.3) is 0 Å². The van der Waals surface area contributed by atoms with E-state index in [-0.39, 0.29) is 18.2 Å². The van der Waals surface area contributed by atoms with E-state index in [1.807, 2.05) is 31.2 Å². The summed E-state index contributed by atoms with van der Waals surface area (Å²) in [6.07, 6.45) is 15.4. The average molecular weight is 446 g/mol. The third-order valence-corrected chi connectivity index (χ3v) is 5.57. The zero-order valence-electron chi connectivity index (χ0n) is 19.9. The summed E-state index contributed by atoms with van der Waals surface area (Å²) in [5.41, 5.74) is 2.18. The number of aliphatic carboxylic acids is 1. The van der Waals surface area contributed by atoms with Crippen LogP contribution in [0.2, 0.25) is 0 Å². The summed E-state index contributed by atoms with van der Waals surface area (Å²) in [7, 11) is 0. The fourth-order valence-electron chi connectivity index (χ4n) is 3.79. The highest BCUT2D eigenvalue weighted by atomic mass is 16.4. The smallest absolute Gasteiger partial charge is 0.303 e. The van der Waals surface area contributed by atoms with E-state index in [9.17, 15) is 15.0 Å². The molecule has 2 atom stereocenters. The van der Waals surface area contributed by atoms with Crippen molar-refractivity contribution in [3.63, 3.8) is 0 Å². The minimum absolute atomic E-state index is 0.205. The molecule has 0 aliphatic rings. The maximum Gasteiger partial charge on any atom is 0.303 e. The van der Waals surface area contributed by atoms with Crippen LogP contribution >= 0.6 is 0 Å². The fraction of sp³-hybridized carbons (Fsp3) is 0.593. The van der Waals surface area contributed by atoms with Crippen molar-refractivity contribution in [3.8, 4) is 5.75 Å². The molecule has 1 aromatic carbocycles. The molecule has 0 heterocycles. The molecular weight excluding hydrogens is 402 g/mol. The molecule has 0 radical (unpaired) electrons. The van der Waals surface area contributed by atoms with Gasteiger partial charge in [0.05, 0.1) is 6.10 Å². The van der Waals surface area contributed by atoms with Gasteiger partial charge in [-0.3, -0.25) is 4.79 Å². The summed E-state index contributed by atoms with van der Waals surface area (Å²) < 4.78 is 0. The number of aliphatic hydroxyl groups is 1. The number of aliphatic hydroxyl groups excluding tert-OH is 1. The Morgan fingerprint density at radius 1 is 1.09 bits per heavy atom. The van der Waals surface area contributed by atoms with E-state index in [1.165, 1.54) is 0 Å². The van der Waals surface area contributed by atoms with Crippen LogP contribution < -0.4 is 5.32 Å². The minimum Gasteiger partial charge on any atom is -0.508 e. The van der Waals surface area contributed by atoms with Gasteiger partial charge in [-0.05, 0) is 68.3 Å². The van der Waals surface area contributed by atoms with Gasteiger partial charge in [0.15, 0.2) is 0 Å². The van der Waals surface area contributed by atoms with Gasteiger partial charge in [-0.2, -0.15) is 0 Å². The third kappa shape index (κ3) is 14.0. The summed E-state index contributed by atoms with van der Waals surface area (Å²) in [4.78, 5) is 10.8. The Labute approximate surface area is 194 Å². The summed E-state index contributed by atoms with van der Waals surface area (Å²) in [6, 6.07) is 7.56. The van der Waals surface area contributed by atoms with Crippen molar-refractivity contribution in [2.45, 2.75) is 96.6 Å². The Kier molecular flexibility index (Phi) is 15.2. The second-order valence-corrected chi connectivity index (χ2v) is 8.52. The van der Waals surface area contributed by atoms with Gasteiger partial charge in [-0.25, -0.2) is 0 Å². The van der Waals surface area contributed by atoms with Crippen molar-refractivity contribution in [2.24, 2.45) is 0 Å². The number of aromatic hydroxyl groups is 1. The number of allylic oxidation sites excluding steroid dienone is 3. The highest BCUT2D eigenvalue weighted by Crippen LogP contribution is 2.18. The number of carbonyl (C=O) groups is 1. The van der Waals surface area contributed by atoms with Crippen LogP contribution in [0.1, 0.15) is 83.6 Å². The predicted octanol–water partition coefficient (Wildman–Crippen LogP) is 5.76. The van der Waals surface area contributed by atoms with Crippen molar-refractivity contribution in [1.29, 1.82) is 0 Å². The topological polar surface area (TPSA) is 89.8 Å². The summed E-state index contributed by atoms with van der Waals surface area (Å²) in [5, 5.41) is 32.3. The lowest BCUT2D eigenvalue weighted by molar-refractivity contribution is -0.137. The molecular formula is C27H43NO4. The van der Waals surface area contributed by atoms with Crippen LogP contribution in [0.15, 0.2) is 48.1 Å². The first kappa shape index (κ1) is 27.9. The van der Waals surface area contributed by atoms with Crippen LogP contribution in [0.25, 0.3) is 0 Å². The molecule has 0 saturated carbocycles. The number of hydrogen-bond donors (Lipinski definition) is 4. The normalized spacial score (nSPS) is 14.0. The van der Waals surface area contributed by atoms with Crippen molar-refractivity contribution < 1.29 is 20.1 Å². The monoisotopic (exact) mass is 445 g/mol. The van der Waals surface area contributed by atoms with E-state index < -0.39 is 12.1 Å².